The van der Waals surface area contributed by atoms with Crippen LogP contribution >= 0.6 is 0 Å². The predicted molar refractivity (Wildman–Crippen MR) is 61.3 cm³/mol. The first-order chi connectivity index (χ1) is 6.72. The van der Waals surface area contributed by atoms with E-state index in [-0.39, 0.29) is 0 Å². The molecule has 3 N–H and O–H groups in total. The highest BCUT2D eigenvalue weighted by Crippen LogP contribution is 2.30. The third-order valence-electron chi connectivity index (χ3n) is 2.88. The molecule has 1 fully saturated rings. The number of guanidine groups is 1. The summed E-state index contributed by atoms with van der Waals surface area (Å²) in [5, 5.41) is 3.10. The van der Waals surface area contributed by atoms with E-state index in [9.17, 15) is 0 Å². The normalized spacial score (nSPS) is 28.0. The molecular weight excluding hydrogens is 174 g/mol. The van der Waals surface area contributed by atoms with Crippen molar-refractivity contribution in [2.24, 2.45) is 22.6 Å². The van der Waals surface area contributed by atoms with E-state index in [1.807, 2.05) is 0 Å². The zero-order chi connectivity index (χ0) is 10.4. The quantitative estimate of drug-likeness (QED) is 0.533. The second kappa shape index (κ2) is 5.89. The standard InChI is InChI=1S/C11H23N3/c1-3-6-13-11(12)14-8-10-5-4-9(2)7-10/h9-10H,3-8H2,1-2H3,(H3,12,13,14). The number of rotatable bonds is 4. The Labute approximate surface area is 87.2 Å². The van der Waals surface area contributed by atoms with E-state index in [2.05, 4.69) is 24.2 Å². The number of aliphatic imine (C=N–C) groups is 1. The Morgan fingerprint density at radius 2 is 2.29 bits per heavy atom. The largest absolute Gasteiger partial charge is 0.370 e. The molecule has 14 heavy (non-hydrogen) atoms. The maximum atomic E-state index is 5.71. The highest BCUT2D eigenvalue weighted by Gasteiger charge is 2.20. The molecule has 0 amide bonds. The highest BCUT2D eigenvalue weighted by atomic mass is 15.1. The lowest BCUT2D eigenvalue weighted by Gasteiger charge is -2.07. The molecule has 0 aliphatic heterocycles. The molecule has 82 valence electrons. The maximum absolute atomic E-state index is 5.71. The van der Waals surface area contributed by atoms with Crippen LogP contribution in [0.3, 0.4) is 0 Å². The molecule has 0 aromatic rings. The summed E-state index contributed by atoms with van der Waals surface area (Å²) in [5.41, 5.74) is 5.71. The molecule has 0 aromatic heterocycles. The smallest absolute Gasteiger partial charge is 0.188 e. The second-order valence-corrected chi connectivity index (χ2v) is 4.44. The van der Waals surface area contributed by atoms with Crippen molar-refractivity contribution in [3.63, 3.8) is 0 Å². The summed E-state index contributed by atoms with van der Waals surface area (Å²) in [5.74, 6) is 2.28. The Morgan fingerprint density at radius 3 is 2.86 bits per heavy atom. The van der Waals surface area contributed by atoms with Gasteiger partial charge in [-0.15, -0.1) is 0 Å². The molecule has 1 saturated carbocycles. The van der Waals surface area contributed by atoms with Gasteiger partial charge < -0.3 is 11.1 Å². The van der Waals surface area contributed by atoms with E-state index >= 15 is 0 Å². The van der Waals surface area contributed by atoms with Gasteiger partial charge in [-0.2, -0.15) is 0 Å². The third kappa shape index (κ3) is 3.99. The zero-order valence-electron chi connectivity index (χ0n) is 9.42. The molecule has 1 aliphatic rings. The van der Waals surface area contributed by atoms with Gasteiger partial charge in [-0.25, -0.2) is 0 Å². The van der Waals surface area contributed by atoms with Gasteiger partial charge in [-0.1, -0.05) is 20.3 Å². The summed E-state index contributed by atoms with van der Waals surface area (Å²) in [4.78, 5) is 4.36. The van der Waals surface area contributed by atoms with Gasteiger partial charge in [0.15, 0.2) is 5.96 Å². The fourth-order valence-corrected chi connectivity index (χ4v) is 2.03. The summed E-state index contributed by atoms with van der Waals surface area (Å²) in [7, 11) is 0. The molecule has 2 atom stereocenters. The molecular formula is C11H23N3. The summed E-state index contributed by atoms with van der Waals surface area (Å²) >= 11 is 0. The summed E-state index contributed by atoms with van der Waals surface area (Å²) < 4.78 is 0. The van der Waals surface area contributed by atoms with E-state index in [0.717, 1.165) is 31.3 Å². The molecule has 0 aromatic carbocycles. The van der Waals surface area contributed by atoms with Crippen LogP contribution in [0.4, 0.5) is 0 Å². The monoisotopic (exact) mass is 197 g/mol. The Balaban J connectivity index is 2.17. The first-order valence-corrected chi connectivity index (χ1v) is 5.76. The van der Waals surface area contributed by atoms with Crippen molar-refractivity contribution in [1.29, 1.82) is 0 Å². The van der Waals surface area contributed by atoms with Crippen molar-refractivity contribution >= 4 is 5.96 Å². The van der Waals surface area contributed by atoms with Gasteiger partial charge in [0.2, 0.25) is 0 Å². The zero-order valence-corrected chi connectivity index (χ0v) is 9.42. The molecule has 0 radical (unpaired) electrons. The molecule has 0 spiro atoms. The van der Waals surface area contributed by atoms with Crippen LogP contribution in [0.15, 0.2) is 4.99 Å². The molecule has 1 aliphatic carbocycles. The highest BCUT2D eigenvalue weighted by molar-refractivity contribution is 5.77. The lowest BCUT2D eigenvalue weighted by atomic mass is 10.1. The molecule has 3 heteroatoms. The first-order valence-electron chi connectivity index (χ1n) is 5.76. The Kier molecular flexibility index (Phi) is 4.77. The third-order valence-corrected chi connectivity index (χ3v) is 2.88. The van der Waals surface area contributed by atoms with Gasteiger partial charge in [0.05, 0.1) is 0 Å². The fourth-order valence-electron chi connectivity index (χ4n) is 2.03. The number of hydrogen-bond donors (Lipinski definition) is 2. The van der Waals surface area contributed by atoms with Crippen LogP contribution in [-0.2, 0) is 0 Å². The lowest BCUT2D eigenvalue weighted by Crippen LogP contribution is -2.32. The summed E-state index contributed by atoms with van der Waals surface area (Å²) in [6.07, 6.45) is 5.11. The Hall–Kier alpha value is -0.730. The SMILES string of the molecule is CCCNC(N)=NCC1CCC(C)C1. The van der Waals surface area contributed by atoms with Crippen LogP contribution in [0.2, 0.25) is 0 Å². The van der Waals surface area contributed by atoms with E-state index in [1.165, 1.54) is 19.3 Å². The predicted octanol–water partition coefficient (Wildman–Crippen LogP) is 1.74. The molecule has 2 unspecified atom stereocenters. The van der Waals surface area contributed by atoms with E-state index in [0.29, 0.717) is 5.96 Å². The number of nitrogens with one attached hydrogen (secondary N) is 1. The minimum absolute atomic E-state index is 0.617. The van der Waals surface area contributed by atoms with Crippen molar-refractivity contribution in [1.82, 2.24) is 5.32 Å². The van der Waals surface area contributed by atoms with Crippen molar-refractivity contribution in [2.75, 3.05) is 13.1 Å². The van der Waals surface area contributed by atoms with E-state index in [4.69, 9.17) is 5.73 Å². The van der Waals surface area contributed by atoms with E-state index < -0.39 is 0 Å². The summed E-state index contributed by atoms with van der Waals surface area (Å²) in [6.45, 7) is 6.28. The van der Waals surface area contributed by atoms with Crippen LogP contribution < -0.4 is 11.1 Å². The molecule has 0 heterocycles. The second-order valence-electron chi connectivity index (χ2n) is 4.44. The average molecular weight is 197 g/mol. The van der Waals surface area contributed by atoms with Gasteiger partial charge in [-0.3, -0.25) is 4.99 Å². The maximum Gasteiger partial charge on any atom is 0.188 e. The van der Waals surface area contributed by atoms with Crippen LogP contribution in [0.5, 0.6) is 0 Å². The molecule has 0 saturated heterocycles. The van der Waals surface area contributed by atoms with Crippen molar-refractivity contribution < 1.29 is 0 Å². The number of nitrogens with two attached hydrogens (primary N) is 1. The lowest BCUT2D eigenvalue weighted by molar-refractivity contribution is 0.525. The topological polar surface area (TPSA) is 50.4 Å². The van der Waals surface area contributed by atoms with Crippen molar-refractivity contribution in [2.45, 2.75) is 39.5 Å². The Bertz CT molecular complexity index is 189. The summed E-state index contributed by atoms with van der Waals surface area (Å²) in [6, 6.07) is 0. The van der Waals surface area contributed by atoms with Crippen LogP contribution in [0.1, 0.15) is 39.5 Å². The fraction of sp³-hybridized carbons (Fsp3) is 0.909. The van der Waals surface area contributed by atoms with Crippen LogP contribution in [0, 0.1) is 11.8 Å². The van der Waals surface area contributed by atoms with Crippen LogP contribution in [0.25, 0.3) is 0 Å². The molecule has 1 rings (SSSR count). The van der Waals surface area contributed by atoms with Gasteiger partial charge in [0.25, 0.3) is 0 Å². The van der Waals surface area contributed by atoms with Crippen molar-refractivity contribution in [3.05, 3.63) is 0 Å². The number of nitrogens with zero attached hydrogens (tertiary/aromatic N) is 1. The molecule has 3 nitrogen and oxygen atoms in total. The van der Waals surface area contributed by atoms with E-state index in [1.54, 1.807) is 0 Å². The van der Waals surface area contributed by atoms with Gasteiger partial charge in [0, 0.05) is 13.1 Å². The average Bonchev–Trinajstić information content (AvgIpc) is 2.58. The van der Waals surface area contributed by atoms with Crippen molar-refractivity contribution in [3.8, 4) is 0 Å². The minimum atomic E-state index is 0.617. The molecule has 0 bridgehead atoms. The number of hydrogen-bond acceptors (Lipinski definition) is 1. The van der Waals surface area contributed by atoms with Gasteiger partial charge >= 0.3 is 0 Å². The van der Waals surface area contributed by atoms with Crippen LogP contribution in [-0.4, -0.2) is 19.0 Å². The Morgan fingerprint density at radius 1 is 1.50 bits per heavy atom. The minimum Gasteiger partial charge on any atom is -0.370 e. The van der Waals surface area contributed by atoms with Gasteiger partial charge in [-0.05, 0) is 31.1 Å². The first kappa shape index (κ1) is 11.3. The van der Waals surface area contributed by atoms with Gasteiger partial charge in [0.1, 0.15) is 0 Å².